The van der Waals surface area contributed by atoms with Gasteiger partial charge < -0.3 is 9.80 Å². The first kappa shape index (κ1) is 18.5. The van der Waals surface area contributed by atoms with Crippen LogP contribution in [0.4, 0.5) is 0 Å². The van der Waals surface area contributed by atoms with E-state index in [1.807, 2.05) is 0 Å². The van der Waals surface area contributed by atoms with E-state index in [1.54, 1.807) is 0 Å². The number of amides is 1. The van der Waals surface area contributed by atoms with Gasteiger partial charge >= 0.3 is 0 Å². The largest absolute Gasteiger partial charge is 0.340 e. The number of unbranched alkanes of at least 4 members (excludes halogenated alkanes) is 5. The first-order chi connectivity index (χ1) is 10.2. The number of carbonyl (C=O) groups excluding carboxylic acids is 1. The van der Waals surface area contributed by atoms with Gasteiger partial charge in [0.25, 0.3) is 0 Å². The molecule has 0 aromatic carbocycles. The molecule has 0 aliphatic carbocycles. The van der Waals surface area contributed by atoms with Crippen LogP contribution in [0.2, 0.25) is 0 Å². The minimum Gasteiger partial charge on any atom is -0.340 e. The molecule has 1 saturated heterocycles. The Balaban J connectivity index is 2.42. The number of likely N-dealkylation sites (N-methyl/N-ethyl adjacent to an activating group) is 1. The molecule has 3 heteroatoms. The van der Waals surface area contributed by atoms with Gasteiger partial charge in [0, 0.05) is 32.1 Å². The normalized spacial score (nSPS) is 18.0. The molecule has 1 aliphatic rings. The summed E-state index contributed by atoms with van der Waals surface area (Å²) in [6.07, 6.45) is 11.0. The fourth-order valence-electron chi connectivity index (χ4n) is 3.13. The smallest absolute Gasteiger partial charge is 0.225 e. The third-order valence-electron chi connectivity index (χ3n) is 4.73. The zero-order valence-electron chi connectivity index (χ0n) is 14.6. The molecule has 0 aromatic rings. The highest BCUT2D eigenvalue weighted by atomic mass is 16.2. The van der Waals surface area contributed by atoms with Gasteiger partial charge in [-0.1, -0.05) is 58.8 Å². The van der Waals surface area contributed by atoms with E-state index in [2.05, 4.69) is 30.7 Å². The predicted octanol–water partition coefficient (Wildman–Crippen LogP) is 3.93. The summed E-state index contributed by atoms with van der Waals surface area (Å²) in [4.78, 5) is 17.2. The standard InChI is InChI=1S/C18H36N2O/c1-4-6-8-10-12-17(11-9-7-5-2)18(21)20-15-13-19(3)14-16-20/h17H,4-16H2,1-3H3. The molecule has 1 rings (SSSR count). The summed E-state index contributed by atoms with van der Waals surface area (Å²) in [6.45, 7) is 8.39. The van der Waals surface area contributed by atoms with Gasteiger partial charge in [-0.05, 0) is 19.9 Å². The molecule has 21 heavy (non-hydrogen) atoms. The van der Waals surface area contributed by atoms with Gasteiger partial charge in [0.05, 0.1) is 0 Å². The van der Waals surface area contributed by atoms with Crippen molar-refractivity contribution < 1.29 is 4.79 Å². The van der Waals surface area contributed by atoms with Crippen LogP contribution in [0.1, 0.15) is 71.6 Å². The molecule has 3 nitrogen and oxygen atoms in total. The number of nitrogens with zero attached hydrogens (tertiary/aromatic N) is 2. The van der Waals surface area contributed by atoms with Crippen LogP contribution in [0.5, 0.6) is 0 Å². The molecule has 0 spiro atoms. The second-order valence-corrected chi connectivity index (χ2v) is 6.67. The van der Waals surface area contributed by atoms with E-state index < -0.39 is 0 Å². The van der Waals surface area contributed by atoms with Crippen LogP contribution in [-0.4, -0.2) is 48.9 Å². The Morgan fingerprint density at radius 2 is 1.38 bits per heavy atom. The number of piperazine rings is 1. The third-order valence-corrected chi connectivity index (χ3v) is 4.73. The number of hydrogen-bond acceptors (Lipinski definition) is 2. The van der Waals surface area contributed by atoms with Crippen molar-refractivity contribution in [3.05, 3.63) is 0 Å². The molecule has 1 amide bonds. The van der Waals surface area contributed by atoms with E-state index in [1.165, 1.54) is 44.9 Å². The van der Waals surface area contributed by atoms with Crippen LogP contribution in [0.15, 0.2) is 0 Å². The van der Waals surface area contributed by atoms with Crippen molar-refractivity contribution in [2.75, 3.05) is 33.2 Å². The van der Waals surface area contributed by atoms with Crippen LogP contribution < -0.4 is 0 Å². The average molecular weight is 296 g/mol. The molecule has 0 saturated carbocycles. The van der Waals surface area contributed by atoms with Gasteiger partial charge in [-0.2, -0.15) is 0 Å². The van der Waals surface area contributed by atoms with Crippen molar-refractivity contribution in [2.24, 2.45) is 5.92 Å². The lowest BCUT2D eigenvalue weighted by atomic mass is 9.93. The van der Waals surface area contributed by atoms with Crippen molar-refractivity contribution in [2.45, 2.75) is 71.6 Å². The summed E-state index contributed by atoms with van der Waals surface area (Å²) in [5.41, 5.74) is 0. The number of hydrogen-bond donors (Lipinski definition) is 0. The van der Waals surface area contributed by atoms with E-state index >= 15 is 0 Å². The van der Waals surface area contributed by atoms with Crippen molar-refractivity contribution in [1.29, 1.82) is 0 Å². The maximum atomic E-state index is 12.8. The highest BCUT2D eigenvalue weighted by molar-refractivity contribution is 5.78. The highest BCUT2D eigenvalue weighted by Crippen LogP contribution is 2.21. The number of carbonyl (C=O) groups is 1. The highest BCUT2D eigenvalue weighted by Gasteiger charge is 2.25. The van der Waals surface area contributed by atoms with E-state index in [-0.39, 0.29) is 5.92 Å². The van der Waals surface area contributed by atoms with Gasteiger partial charge in [-0.25, -0.2) is 0 Å². The second-order valence-electron chi connectivity index (χ2n) is 6.67. The monoisotopic (exact) mass is 296 g/mol. The van der Waals surface area contributed by atoms with E-state index in [0.29, 0.717) is 5.91 Å². The minimum atomic E-state index is 0.289. The predicted molar refractivity (Wildman–Crippen MR) is 90.5 cm³/mol. The van der Waals surface area contributed by atoms with E-state index in [4.69, 9.17) is 0 Å². The molecule has 1 aliphatic heterocycles. The number of rotatable bonds is 10. The van der Waals surface area contributed by atoms with Gasteiger partial charge in [0.2, 0.25) is 5.91 Å². The van der Waals surface area contributed by atoms with Crippen LogP contribution in [0.25, 0.3) is 0 Å². The molecule has 1 fully saturated rings. The van der Waals surface area contributed by atoms with Gasteiger partial charge in [0.1, 0.15) is 0 Å². The molecular weight excluding hydrogens is 260 g/mol. The lowest BCUT2D eigenvalue weighted by molar-refractivity contribution is -0.137. The molecule has 0 N–H and O–H groups in total. The summed E-state index contributed by atoms with van der Waals surface area (Å²) in [5.74, 6) is 0.729. The molecule has 124 valence electrons. The first-order valence-electron chi connectivity index (χ1n) is 9.16. The summed E-state index contributed by atoms with van der Waals surface area (Å²) in [5, 5.41) is 0. The lowest BCUT2D eigenvalue weighted by Gasteiger charge is -2.34. The van der Waals surface area contributed by atoms with Crippen LogP contribution in [0, 0.1) is 5.92 Å². The molecule has 1 atom stereocenters. The minimum absolute atomic E-state index is 0.289. The van der Waals surface area contributed by atoms with Gasteiger partial charge in [-0.3, -0.25) is 4.79 Å². The molecule has 0 radical (unpaired) electrons. The Morgan fingerprint density at radius 3 is 1.95 bits per heavy atom. The van der Waals surface area contributed by atoms with E-state index in [9.17, 15) is 4.79 Å². The zero-order chi connectivity index (χ0) is 15.5. The fourth-order valence-corrected chi connectivity index (χ4v) is 3.13. The van der Waals surface area contributed by atoms with Crippen molar-refractivity contribution in [1.82, 2.24) is 9.80 Å². The maximum Gasteiger partial charge on any atom is 0.225 e. The SMILES string of the molecule is CCCCCCC(CCCCC)C(=O)N1CCN(C)CC1. The molecule has 1 unspecified atom stereocenters. The Kier molecular flexibility index (Phi) is 9.73. The summed E-state index contributed by atoms with van der Waals surface area (Å²) < 4.78 is 0. The van der Waals surface area contributed by atoms with Crippen LogP contribution >= 0.6 is 0 Å². The lowest BCUT2D eigenvalue weighted by Crippen LogP contribution is -2.49. The Labute approximate surface area is 132 Å². The van der Waals surface area contributed by atoms with Gasteiger partial charge in [0.15, 0.2) is 0 Å². The summed E-state index contributed by atoms with van der Waals surface area (Å²) in [6, 6.07) is 0. The van der Waals surface area contributed by atoms with Crippen LogP contribution in [0.3, 0.4) is 0 Å². The molecule has 0 aromatic heterocycles. The average Bonchev–Trinajstić information content (AvgIpc) is 2.50. The third kappa shape index (κ3) is 7.30. The first-order valence-corrected chi connectivity index (χ1v) is 9.16. The molecule has 0 bridgehead atoms. The topological polar surface area (TPSA) is 23.6 Å². The van der Waals surface area contributed by atoms with Gasteiger partial charge in [-0.15, -0.1) is 0 Å². The molecular formula is C18H36N2O. The summed E-state index contributed by atoms with van der Waals surface area (Å²) in [7, 11) is 2.14. The maximum absolute atomic E-state index is 12.8. The quantitative estimate of drug-likeness (QED) is 0.570. The van der Waals surface area contributed by atoms with Crippen LogP contribution in [-0.2, 0) is 4.79 Å². The van der Waals surface area contributed by atoms with Crippen molar-refractivity contribution >= 4 is 5.91 Å². The second kappa shape index (κ2) is 11.1. The van der Waals surface area contributed by atoms with Crippen molar-refractivity contribution in [3.8, 4) is 0 Å². The zero-order valence-corrected chi connectivity index (χ0v) is 14.6. The fraction of sp³-hybridized carbons (Fsp3) is 0.944. The molecule has 1 heterocycles. The van der Waals surface area contributed by atoms with E-state index in [0.717, 1.165) is 39.0 Å². The Hall–Kier alpha value is -0.570. The Bertz CT molecular complexity index is 272. The summed E-state index contributed by atoms with van der Waals surface area (Å²) >= 11 is 0. The Morgan fingerprint density at radius 1 is 0.857 bits per heavy atom. The van der Waals surface area contributed by atoms with Crippen molar-refractivity contribution in [3.63, 3.8) is 0 Å².